The predicted octanol–water partition coefficient (Wildman–Crippen LogP) is 2.48. The second-order valence-corrected chi connectivity index (χ2v) is 9.13. The Bertz CT molecular complexity index is 429. The standard InChI is InChI=1S/C18H30N2O2/c1-17(2,3)16(22)19-10-15(21)20-11-18-7-12-4-13(8-18)6-14(5-12)9-18/h12-14H,4-11H2,1-3H3,(H,19,22)(H,20,21). The van der Waals surface area contributed by atoms with Gasteiger partial charge in [-0.05, 0) is 61.7 Å². The Morgan fingerprint density at radius 1 is 0.955 bits per heavy atom. The molecule has 0 aliphatic heterocycles. The minimum absolute atomic E-state index is 0.0478. The van der Waals surface area contributed by atoms with Crippen LogP contribution in [0.1, 0.15) is 59.3 Å². The van der Waals surface area contributed by atoms with Gasteiger partial charge in [0.25, 0.3) is 0 Å². The largest absolute Gasteiger partial charge is 0.354 e. The van der Waals surface area contributed by atoms with Gasteiger partial charge in [-0.1, -0.05) is 20.8 Å². The molecule has 0 unspecified atom stereocenters. The van der Waals surface area contributed by atoms with Crippen LogP contribution in [0, 0.1) is 28.6 Å². The molecule has 4 rings (SSSR count). The fourth-order valence-electron chi connectivity index (χ4n) is 5.28. The third-order valence-corrected chi connectivity index (χ3v) is 5.92. The fourth-order valence-corrected chi connectivity index (χ4v) is 5.28. The average Bonchev–Trinajstić information content (AvgIpc) is 2.40. The van der Waals surface area contributed by atoms with Gasteiger partial charge in [0, 0.05) is 12.0 Å². The van der Waals surface area contributed by atoms with Crippen LogP contribution in [-0.2, 0) is 9.59 Å². The van der Waals surface area contributed by atoms with Crippen molar-refractivity contribution in [2.24, 2.45) is 28.6 Å². The number of hydrogen-bond acceptors (Lipinski definition) is 2. The maximum absolute atomic E-state index is 12.0. The molecule has 124 valence electrons. The van der Waals surface area contributed by atoms with Gasteiger partial charge >= 0.3 is 0 Å². The fraction of sp³-hybridized carbons (Fsp3) is 0.889. The maximum Gasteiger partial charge on any atom is 0.239 e. The lowest BCUT2D eigenvalue weighted by Gasteiger charge is -2.56. The minimum atomic E-state index is -0.444. The van der Waals surface area contributed by atoms with E-state index in [9.17, 15) is 9.59 Å². The molecule has 0 aromatic heterocycles. The summed E-state index contributed by atoms with van der Waals surface area (Å²) in [6.45, 7) is 6.48. The normalized spacial score (nSPS) is 36.2. The Hall–Kier alpha value is -1.06. The Morgan fingerprint density at radius 3 is 1.91 bits per heavy atom. The van der Waals surface area contributed by atoms with Crippen LogP contribution < -0.4 is 10.6 Å². The van der Waals surface area contributed by atoms with E-state index < -0.39 is 5.41 Å². The zero-order valence-electron chi connectivity index (χ0n) is 14.2. The molecule has 0 aromatic rings. The van der Waals surface area contributed by atoms with E-state index in [2.05, 4.69) is 10.6 Å². The molecule has 0 radical (unpaired) electrons. The molecule has 2 N–H and O–H groups in total. The molecule has 0 heterocycles. The Balaban J connectivity index is 1.46. The molecule has 4 aliphatic carbocycles. The first-order valence-electron chi connectivity index (χ1n) is 8.81. The molecule has 0 atom stereocenters. The summed E-state index contributed by atoms with van der Waals surface area (Å²) < 4.78 is 0. The van der Waals surface area contributed by atoms with Gasteiger partial charge in [-0.2, -0.15) is 0 Å². The third kappa shape index (κ3) is 3.31. The molecular formula is C18H30N2O2. The molecule has 0 saturated heterocycles. The minimum Gasteiger partial charge on any atom is -0.354 e. The zero-order valence-corrected chi connectivity index (χ0v) is 14.2. The highest BCUT2D eigenvalue weighted by Gasteiger charge is 2.50. The lowest BCUT2D eigenvalue weighted by atomic mass is 9.49. The van der Waals surface area contributed by atoms with Crippen LogP contribution in [0.15, 0.2) is 0 Å². The Labute approximate surface area is 133 Å². The highest BCUT2D eigenvalue weighted by Crippen LogP contribution is 2.59. The van der Waals surface area contributed by atoms with Crippen molar-refractivity contribution in [1.29, 1.82) is 0 Å². The van der Waals surface area contributed by atoms with E-state index in [0.717, 1.165) is 24.3 Å². The van der Waals surface area contributed by atoms with Crippen molar-refractivity contribution in [3.05, 3.63) is 0 Å². The quantitative estimate of drug-likeness (QED) is 0.838. The molecule has 4 heteroatoms. The first-order chi connectivity index (χ1) is 10.3. The third-order valence-electron chi connectivity index (χ3n) is 5.92. The summed E-state index contributed by atoms with van der Waals surface area (Å²) in [5.74, 6) is 2.60. The topological polar surface area (TPSA) is 58.2 Å². The maximum atomic E-state index is 12.0. The monoisotopic (exact) mass is 306 g/mol. The summed E-state index contributed by atoms with van der Waals surface area (Å²) in [6.07, 6.45) is 8.17. The summed E-state index contributed by atoms with van der Waals surface area (Å²) in [5.41, 5.74) is -0.0847. The molecular weight excluding hydrogens is 276 g/mol. The summed E-state index contributed by atoms with van der Waals surface area (Å²) in [7, 11) is 0. The molecule has 4 fully saturated rings. The first-order valence-corrected chi connectivity index (χ1v) is 8.81. The summed E-state index contributed by atoms with van der Waals surface area (Å²) >= 11 is 0. The average molecular weight is 306 g/mol. The van der Waals surface area contributed by atoms with Gasteiger partial charge in [0.15, 0.2) is 0 Å². The van der Waals surface area contributed by atoms with Crippen LogP contribution in [0.3, 0.4) is 0 Å². The first kappa shape index (κ1) is 15.8. The molecule has 2 amide bonds. The van der Waals surface area contributed by atoms with E-state index in [1.165, 1.54) is 38.5 Å². The predicted molar refractivity (Wildman–Crippen MR) is 86.1 cm³/mol. The van der Waals surface area contributed by atoms with Gasteiger partial charge < -0.3 is 10.6 Å². The molecule has 4 bridgehead atoms. The van der Waals surface area contributed by atoms with E-state index in [1.54, 1.807) is 0 Å². The van der Waals surface area contributed by atoms with Crippen molar-refractivity contribution < 1.29 is 9.59 Å². The summed E-state index contributed by atoms with van der Waals surface area (Å²) in [6, 6.07) is 0. The lowest BCUT2D eigenvalue weighted by Crippen LogP contribution is -2.52. The van der Waals surface area contributed by atoms with Crippen molar-refractivity contribution in [3.63, 3.8) is 0 Å². The molecule has 0 aromatic carbocycles. The number of carbonyl (C=O) groups is 2. The van der Waals surface area contributed by atoms with Gasteiger partial charge in [-0.15, -0.1) is 0 Å². The van der Waals surface area contributed by atoms with Gasteiger partial charge in [-0.25, -0.2) is 0 Å². The van der Waals surface area contributed by atoms with Crippen LogP contribution in [0.2, 0.25) is 0 Å². The number of hydrogen-bond donors (Lipinski definition) is 2. The van der Waals surface area contributed by atoms with E-state index in [-0.39, 0.29) is 18.4 Å². The number of nitrogens with one attached hydrogen (secondary N) is 2. The second kappa shape index (κ2) is 5.54. The number of amides is 2. The van der Waals surface area contributed by atoms with Gasteiger partial charge in [0.05, 0.1) is 6.54 Å². The van der Waals surface area contributed by atoms with Crippen LogP contribution in [0.5, 0.6) is 0 Å². The van der Waals surface area contributed by atoms with Crippen molar-refractivity contribution in [1.82, 2.24) is 10.6 Å². The SMILES string of the molecule is CC(C)(C)C(=O)NCC(=O)NCC12CC3CC(CC(C3)C1)C2. The number of carbonyl (C=O) groups excluding carboxylic acids is 2. The Morgan fingerprint density at radius 2 is 1.45 bits per heavy atom. The Kier molecular flexibility index (Phi) is 3.98. The van der Waals surface area contributed by atoms with Crippen molar-refractivity contribution in [2.45, 2.75) is 59.3 Å². The smallest absolute Gasteiger partial charge is 0.239 e. The molecule has 4 saturated carbocycles. The second-order valence-electron chi connectivity index (χ2n) is 9.13. The zero-order chi connectivity index (χ0) is 16.0. The van der Waals surface area contributed by atoms with Crippen LogP contribution in [0.25, 0.3) is 0 Å². The van der Waals surface area contributed by atoms with Gasteiger partial charge in [-0.3, -0.25) is 9.59 Å². The summed E-state index contributed by atoms with van der Waals surface area (Å²) in [5, 5.41) is 5.82. The van der Waals surface area contributed by atoms with E-state index in [0.29, 0.717) is 5.41 Å². The molecule has 0 spiro atoms. The van der Waals surface area contributed by atoms with E-state index in [4.69, 9.17) is 0 Å². The molecule has 22 heavy (non-hydrogen) atoms. The highest BCUT2D eigenvalue weighted by atomic mass is 16.2. The lowest BCUT2D eigenvalue weighted by molar-refractivity contribution is -0.131. The molecule has 4 aliphatic rings. The van der Waals surface area contributed by atoms with Crippen molar-refractivity contribution in [3.8, 4) is 0 Å². The van der Waals surface area contributed by atoms with Gasteiger partial charge in [0.1, 0.15) is 0 Å². The van der Waals surface area contributed by atoms with Crippen LogP contribution in [0.4, 0.5) is 0 Å². The highest BCUT2D eigenvalue weighted by molar-refractivity contribution is 5.87. The molecule has 4 nitrogen and oxygen atoms in total. The van der Waals surface area contributed by atoms with Crippen LogP contribution in [-0.4, -0.2) is 24.9 Å². The summed E-state index contributed by atoms with van der Waals surface area (Å²) in [4.78, 5) is 23.8. The number of rotatable bonds is 4. The van der Waals surface area contributed by atoms with E-state index >= 15 is 0 Å². The van der Waals surface area contributed by atoms with Crippen LogP contribution >= 0.6 is 0 Å². The van der Waals surface area contributed by atoms with Crippen molar-refractivity contribution >= 4 is 11.8 Å². The van der Waals surface area contributed by atoms with Gasteiger partial charge in [0.2, 0.25) is 11.8 Å². The van der Waals surface area contributed by atoms with Crippen molar-refractivity contribution in [2.75, 3.05) is 13.1 Å². The van der Waals surface area contributed by atoms with E-state index in [1.807, 2.05) is 20.8 Å².